The van der Waals surface area contributed by atoms with E-state index in [0.717, 1.165) is 36.5 Å². The third kappa shape index (κ3) is 6.00. The molecule has 5 nitrogen and oxygen atoms in total. The van der Waals surface area contributed by atoms with Crippen molar-refractivity contribution in [3.05, 3.63) is 58.3 Å². The molecule has 2 amide bonds. The van der Waals surface area contributed by atoms with E-state index in [0.29, 0.717) is 5.56 Å². The third-order valence-corrected chi connectivity index (χ3v) is 5.50. The van der Waals surface area contributed by atoms with E-state index >= 15 is 0 Å². The zero-order valence-corrected chi connectivity index (χ0v) is 17.2. The van der Waals surface area contributed by atoms with Crippen molar-refractivity contribution in [2.24, 2.45) is 0 Å². The number of rotatable bonds is 4. The van der Waals surface area contributed by atoms with E-state index in [1.807, 2.05) is 22.4 Å². The zero-order chi connectivity index (χ0) is 19.8. The number of carbonyl (C=O) groups is 2. The Kier molecular flexibility index (Phi) is 7.33. The maximum atomic E-state index is 12.6. The number of amides is 2. The number of benzene rings is 1. The number of thiophene rings is 1. The average molecular weight is 414 g/mol. The first-order chi connectivity index (χ1) is 13.6. The second kappa shape index (κ2) is 10.1. The van der Waals surface area contributed by atoms with Crippen LogP contribution < -0.4 is 10.6 Å². The molecule has 0 radical (unpaired) electrons. The lowest BCUT2D eigenvalue weighted by molar-refractivity contribution is -0.115. The lowest BCUT2D eigenvalue weighted by atomic mass is 10.1. The van der Waals surface area contributed by atoms with Crippen molar-refractivity contribution >= 4 is 52.2 Å². The van der Waals surface area contributed by atoms with Gasteiger partial charge in [0.2, 0.25) is 5.91 Å². The molecule has 2 heterocycles. The minimum atomic E-state index is -0.293. The van der Waals surface area contributed by atoms with E-state index in [1.165, 1.54) is 18.9 Å². The van der Waals surface area contributed by atoms with Gasteiger partial charge in [-0.25, -0.2) is 0 Å². The van der Waals surface area contributed by atoms with Crippen molar-refractivity contribution in [3.63, 3.8) is 0 Å². The van der Waals surface area contributed by atoms with E-state index in [9.17, 15) is 9.59 Å². The Bertz CT molecular complexity index is 837. The summed E-state index contributed by atoms with van der Waals surface area (Å²) in [5.74, 6) is -0.220. The Morgan fingerprint density at radius 3 is 2.39 bits per heavy atom. The van der Waals surface area contributed by atoms with Crippen LogP contribution in [0, 0.1) is 0 Å². The summed E-state index contributed by atoms with van der Waals surface area (Å²) in [5.41, 5.74) is 1.39. The minimum absolute atomic E-state index is 0.0723. The molecular weight excluding hydrogens is 390 g/mol. The molecule has 0 bridgehead atoms. The number of carbonyl (C=O) groups excluding carboxylic acids is 2. The van der Waals surface area contributed by atoms with E-state index in [4.69, 9.17) is 12.2 Å². The summed E-state index contributed by atoms with van der Waals surface area (Å²) in [6, 6.07) is 11.0. The molecule has 1 saturated heterocycles. The fourth-order valence-corrected chi connectivity index (χ4v) is 3.85. The van der Waals surface area contributed by atoms with Crippen LogP contribution >= 0.6 is 23.6 Å². The van der Waals surface area contributed by atoms with Crippen molar-refractivity contribution in [1.82, 2.24) is 10.2 Å². The van der Waals surface area contributed by atoms with Crippen LogP contribution in [-0.2, 0) is 4.79 Å². The molecule has 28 heavy (non-hydrogen) atoms. The quantitative estimate of drug-likeness (QED) is 0.580. The minimum Gasteiger partial charge on any atom is -0.339 e. The van der Waals surface area contributed by atoms with E-state index in [1.54, 1.807) is 41.7 Å². The van der Waals surface area contributed by atoms with Gasteiger partial charge in [0.15, 0.2) is 5.11 Å². The van der Waals surface area contributed by atoms with Gasteiger partial charge in [-0.05, 0) is 66.8 Å². The molecule has 1 aromatic heterocycles. The SMILES string of the molecule is O=C(/C=C/c1cccs1)NC(=S)Nc1ccc(C(=O)N2CCCCCC2)cc1. The maximum Gasteiger partial charge on any atom is 0.253 e. The molecule has 0 saturated carbocycles. The molecule has 146 valence electrons. The lowest BCUT2D eigenvalue weighted by Gasteiger charge is -2.20. The average Bonchev–Trinajstić information content (AvgIpc) is 3.07. The molecule has 1 aliphatic rings. The first-order valence-electron chi connectivity index (χ1n) is 9.35. The normalized spacial score (nSPS) is 14.5. The molecule has 2 N–H and O–H groups in total. The van der Waals surface area contributed by atoms with Crippen LogP contribution in [0.5, 0.6) is 0 Å². The number of nitrogens with one attached hydrogen (secondary N) is 2. The van der Waals surface area contributed by atoms with E-state index in [2.05, 4.69) is 10.6 Å². The fraction of sp³-hybridized carbons (Fsp3) is 0.286. The Hall–Kier alpha value is -2.51. The summed E-state index contributed by atoms with van der Waals surface area (Å²) in [6.07, 6.45) is 7.71. The predicted molar refractivity (Wildman–Crippen MR) is 119 cm³/mol. The molecule has 2 aromatic rings. The Labute approximate surface area is 174 Å². The van der Waals surface area contributed by atoms with Crippen LogP contribution in [0.25, 0.3) is 6.08 Å². The summed E-state index contributed by atoms with van der Waals surface area (Å²) in [4.78, 5) is 27.5. The summed E-state index contributed by atoms with van der Waals surface area (Å²) in [6.45, 7) is 1.65. The highest BCUT2D eigenvalue weighted by Crippen LogP contribution is 2.15. The second-order valence-corrected chi connectivity index (χ2v) is 7.96. The van der Waals surface area contributed by atoms with Gasteiger partial charge in [0, 0.05) is 35.3 Å². The van der Waals surface area contributed by atoms with Gasteiger partial charge in [-0.2, -0.15) is 0 Å². The Morgan fingerprint density at radius 2 is 1.75 bits per heavy atom. The van der Waals surface area contributed by atoms with Crippen molar-refractivity contribution in [3.8, 4) is 0 Å². The summed E-state index contributed by atoms with van der Waals surface area (Å²) >= 11 is 6.73. The summed E-state index contributed by atoms with van der Waals surface area (Å²) in [7, 11) is 0. The number of hydrogen-bond donors (Lipinski definition) is 2. The first-order valence-corrected chi connectivity index (χ1v) is 10.6. The molecule has 1 fully saturated rings. The van der Waals surface area contributed by atoms with Gasteiger partial charge in [0.05, 0.1) is 0 Å². The number of anilines is 1. The van der Waals surface area contributed by atoms with Gasteiger partial charge in [-0.15, -0.1) is 11.3 Å². The maximum absolute atomic E-state index is 12.6. The first kappa shape index (κ1) is 20.2. The second-order valence-electron chi connectivity index (χ2n) is 6.58. The molecule has 1 aromatic carbocycles. The molecule has 1 aliphatic heterocycles. The highest BCUT2D eigenvalue weighted by molar-refractivity contribution is 7.80. The fourth-order valence-electron chi connectivity index (χ4n) is 3.01. The van der Waals surface area contributed by atoms with Crippen molar-refractivity contribution in [2.45, 2.75) is 25.7 Å². The third-order valence-electron chi connectivity index (χ3n) is 4.46. The van der Waals surface area contributed by atoms with Crippen LogP contribution in [-0.4, -0.2) is 34.9 Å². The smallest absolute Gasteiger partial charge is 0.253 e. The van der Waals surface area contributed by atoms with E-state index in [-0.39, 0.29) is 16.9 Å². The highest BCUT2D eigenvalue weighted by Gasteiger charge is 2.17. The van der Waals surface area contributed by atoms with Crippen LogP contribution in [0.4, 0.5) is 5.69 Å². The molecule has 0 atom stereocenters. The zero-order valence-electron chi connectivity index (χ0n) is 15.5. The highest BCUT2D eigenvalue weighted by atomic mass is 32.1. The van der Waals surface area contributed by atoms with Crippen molar-refractivity contribution < 1.29 is 9.59 Å². The van der Waals surface area contributed by atoms with Gasteiger partial charge in [0.25, 0.3) is 5.91 Å². The van der Waals surface area contributed by atoms with Gasteiger partial charge >= 0.3 is 0 Å². The summed E-state index contributed by atoms with van der Waals surface area (Å²) in [5, 5.41) is 7.74. The van der Waals surface area contributed by atoms with Gasteiger partial charge in [-0.1, -0.05) is 18.9 Å². The van der Waals surface area contributed by atoms with Crippen molar-refractivity contribution in [2.75, 3.05) is 18.4 Å². The predicted octanol–water partition coefficient (Wildman–Crippen LogP) is 4.29. The molecule has 0 aliphatic carbocycles. The topological polar surface area (TPSA) is 61.4 Å². The van der Waals surface area contributed by atoms with Crippen LogP contribution in [0.2, 0.25) is 0 Å². The number of likely N-dealkylation sites (tertiary alicyclic amines) is 1. The summed E-state index contributed by atoms with van der Waals surface area (Å²) < 4.78 is 0. The van der Waals surface area contributed by atoms with Gasteiger partial charge in [-0.3, -0.25) is 14.9 Å². The lowest BCUT2D eigenvalue weighted by Crippen LogP contribution is -2.33. The van der Waals surface area contributed by atoms with Gasteiger partial charge < -0.3 is 10.2 Å². The molecular formula is C21H23N3O2S2. The molecule has 0 spiro atoms. The number of thiocarbonyl (C=S) groups is 1. The standard InChI is InChI=1S/C21H23N3O2S2/c25-19(12-11-18-6-5-15-28-18)23-21(27)22-17-9-7-16(8-10-17)20(26)24-13-3-1-2-4-14-24/h5-12,15H,1-4,13-14H2,(H2,22,23,25,27)/b12-11+. The monoisotopic (exact) mass is 413 g/mol. The largest absolute Gasteiger partial charge is 0.339 e. The van der Waals surface area contributed by atoms with Crippen LogP contribution in [0.1, 0.15) is 40.9 Å². The number of nitrogens with zero attached hydrogens (tertiary/aromatic N) is 1. The number of hydrogen-bond acceptors (Lipinski definition) is 4. The Balaban J connectivity index is 1.51. The molecule has 3 rings (SSSR count). The van der Waals surface area contributed by atoms with Gasteiger partial charge in [0.1, 0.15) is 0 Å². The Morgan fingerprint density at radius 1 is 1.04 bits per heavy atom. The molecule has 7 heteroatoms. The van der Waals surface area contributed by atoms with Crippen molar-refractivity contribution in [1.29, 1.82) is 0 Å². The van der Waals surface area contributed by atoms with Crippen LogP contribution in [0.3, 0.4) is 0 Å². The van der Waals surface area contributed by atoms with Crippen LogP contribution in [0.15, 0.2) is 47.9 Å². The molecule has 0 unspecified atom stereocenters. The van der Waals surface area contributed by atoms with E-state index < -0.39 is 0 Å².